The Morgan fingerprint density at radius 2 is 1.79 bits per heavy atom. The Morgan fingerprint density at radius 1 is 1.10 bits per heavy atom. The molecule has 11 nitrogen and oxygen atoms in total. The maximum absolute atomic E-state index is 14.0. The second-order valence-electron chi connectivity index (χ2n) is 12.1. The standard InChI is InChI=1S/C31H39N7O4/c1-10-11-16-37-24-25(33-27(37)35(8)19-31(6,7)34-28(40)42-30(3,4)5)36(9)29(41)38(26(24)39)18-23-22-15-13-12-14-21(22)17-20(2)32-23/h12-15,17H,16,18-19H2,1-9H3,(H,34,40). The Bertz CT molecular complexity index is 1850. The molecule has 4 rings (SSSR count). The van der Waals surface area contributed by atoms with Gasteiger partial charge in [0, 0.05) is 31.7 Å². The van der Waals surface area contributed by atoms with Crippen LogP contribution in [0.2, 0.25) is 0 Å². The molecule has 0 aliphatic rings. The molecule has 0 spiro atoms. The second kappa shape index (κ2) is 11.4. The highest BCUT2D eigenvalue weighted by atomic mass is 16.6. The van der Waals surface area contributed by atoms with Crippen molar-refractivity contribution in [2.75, 3.05) is 18.5 Å². The number of carbonyl (C=O) groups is 1. The molecule has 42 heavy (non-hydrogen) atoms. The summed E-state index contributed by atoms with van der Waals surface area (Å²) in [6, 6.07) is 9.75. The summed E-state index contributed by atoms with van der Waals surface area (Å²) >= 11 is 0. The quantitative estimate of drug-likeness (QED) is 0.336. The number of rotatable bonds is 7. The highest BCUT2D eigenvalue weighted by Gasteiger charge is 2.29. The third kappa shape index (κ3) is 6.33. The van der Waals surface area contributed by atoms with Crippen molar-refractivity contribution >= 4 is 34.0 Å². The van der Waals surface area contributed by atoms with Gasteiger partial charge in [-0.3, -0.25) is 23.5 Å². The molecule has 0 aliphatic carbocycles. The fourth-order valence-corrected chi connectivity index (χ4v) is 5.07. The summed E-state index contributed by atoms with van der Waals surface area (Å²) in [5, 5.41) is 4.77. The van der Waals surface area contributed by atoms with E-state index in [1.807, 2.05) is 63.1 Å². The van der Waals surface area contributed by atoms with Crippen molar-refractivity contribution in [2.24, 2.45) is 7.05 Å². The first-order chi connectivity index (χ1) is 19.6. The number of fused-ring (bicyclic) bond motifs is 2. The van der Waals surface area contributed by atoms with E-state index < -0.39 is 28.5 Å². The van der Waals surface area contributed by atoms with Crippen molar-refractivity contribution in [3.05, 3.63) is 62.6 Å². The fourth-order valence-electron chi connectivity index (χ4n) is 5.07. The van der Waals surface area contributed by atoms with Crippen molar-refractivity contribution in [1.29, 1.82) is 0 Å². The Hall–Kier alpha value is -4.59. The molecule has 11 heteroatoms. The highest BCUT2D eigenvalue weighted by Crippen LogP contribution is 2.22. The first-order valence-corrected chi connectivity index (χ1v) is 13.8. The van der Waals surface area contributed by atoms with Gasteiger partial charge in [-0.25, -0.2) is 9.59 Å². The van der Waals surface area contributed by atoms with E-state index in [-0.39, 0.29) is 24.3 Å². The zero-order chi connectivity index (χ0) is 31.0. The Labute approximate surface area is 245 Å². The van der Waals surface area contributed by atoms with Gasteiger partial charge in [0.1, 0.15) is 5.60 Å². The summed E-state index contributed by atoms with van der Waals surface area (Å²) in [7, 11) is 3.41. The lowest BCUT2D eigenvalue weighted by Crippen LogP contribution is -2.52. The number of hydrogen-bond donors (Lipinski definition) is 1. The topological polar surface area (TPSA) is 116 Å². The van der Waals surface area contributed by atoms with Crippen molar-refractivity contribution in [2.45, 2.75) is 72.7 Å². The van der Waals surface area contributed by atoms with Gasteiger partial charge in [0.05, 0.1) is 24.3 Å². The maximum atomic E-state index is 14.0. The van der Waals surface area contributed by atoms with E-state index in [0.717, 1.165) is 16.5 Å². The van der Waals surface area contributed by atoms with Crippen LogP contribution in [0.3, 0.4) is 0 Å². The van der Waals surface area contributed by atoms with E-state index in [2.05, 4.69) is 22.1 Å². The molecule has 0 unspecified atom stereocenters. The lowest BCUT2D eigenvalue weighted by atomic mass is 10.1. The van der Waals surface area contributed by atoms with E-state index in [1.165, 1.54) is 9.13 Å². The number of aryl methyl sites for hydroxylation is 2. The molecule has 3 heterocycles. The molecule has 222 valence electrons. The number of aromatic nitrogens is 5. The van der Waals surface area contributed by atoms with Crippen LogP contribution < -0.4 is 21.5 Å². The van der Waals surface area contributed by atoms with E-state index in [0.29, 0.717) is 18.2 Å². The molecular formula is C31H39N7O4. The van der Waals surface area contributed by atoms with Crippen LogP contribution in [0.5, 0.6) is 0 Å². The SMILES string of the molecule is CC#CCn1c(N(C)CC(C)(C)NC(=O)OC(C)(C)C)nc2c1c(=O)n(Cc1nc(C)cc3ccccc13)c(=O)n2C. The van der Waals surface area contributed by atoms with Crippen molar-refractivity contribution in [1.82, 2.24) is 29.0 Å². The molecule has 0 bridgehead atoms. The van der Waals surface area contributed by atoms with Crippen LogP contribution in [0.15, 0.2) is 39.9 Å². The summed E-state index contributed by atoms with van der Waals surface area (Å²) < 4.78 is 9.73. The van der Waals surface area contributed by atoms with Gasteiger partial charge in [-0.2, -0.15) is 4.98 Å². The van der Waals surface area contributed by atoms with Gasteiger partial charge in [-0.15, -0.1) is 5.92 Å². The van der Waals surface area contributed by atoms with Gasteiger partial charge in [0.15, 0.2) is 11.2 Å². The zero-order valence-electron chi connectivity index (χ0n) is 25.8. The molecule has 0 radical (unpaired) electrons. The average Bonchev–Trinajstić information content (AvgIpc) is 3.26. The first kappa shape index (κ1) is 30.4. The predicted octanol–water partition coefficient (Wildman–Crippen LogP) is 3.56. The lowest BCUT2D eigenvalue weighted by molar-refractivity contribution is 0.0475. The summed E-state index contributed by atoms with van der Waals surface area (Å²) in [5.74, 6) is 6.35. The van der Waals surface area contributed by atoms with Gasteiger partial charge >= 0.3 is 11.8 Å². The average molecular weight is 574 g/mol. The molecule has 0 saturated carbocycles. The van der Waals surface area contributed by atoms with Gasteiger partial charge in [0.25, 0.3) is 5.56 Å². The number of carbonyl (C=O) groups excluding carboxylic acids is 1. The van der Waals surface area contributed by atoms with Crippen LogP contribution in [0.4, 0.5) is 10.7 Å². The number of pyridine rings is 1. The zero-order valence-corrected chi connectivity index (χ0v) is 25.8. The molecule has 1 aromatic carbocycles. The Morgan fingerprint density at radius 3 is 2.45 bits per heavy atom. The van der Waals surface area contributed by atoms with E-state index in [9.17, 15) is 14.4 Å². The molecule has 0 fully saturated rings. The van der Waals surface area contributed by atoms with Gasteiger partial charge in [-0.05, 0) is 59.9 Å². The number of nitrogens with zero attached hydrogens (tertiary/aromatic N) is 6. The van der Waals surface area contributed by atoms with E-state index >= 15 is 0 Å². The van der Waals surface area contributed by atoms with Crippen molar-refractivity contribution in [3.63, 3.8) is 0 Å². The third-order valence-electron chi connectivity index (χ3n) is 6.69. The minimum atomic E-state index is -0.722. The van der Waals surface area contributed by atoms with Crippen LogP contribution in [-0.4, -0.2) is 54.5 Å². The molecule has 0 saturated heterocycles. The minimum Gasteiger partial charge on any atom is -0.444 e. The maximum Gasteiger partial charge on any atom is 0.408 e. The molecule has 4 aromatic rings. The third-order valence-corrected chi connectivity index (χ3v) is 6.69. The highest BCUT2D eigenvalue weighted by molar-refractivity contribution is 5.85. The number of benzene rings is 1. The number of likely N-dealkylation sites (N-methyl/N-ethyl adjacent to an activating group) is 1. The van der Waals surface area contributed by atoms with Gasteiger partial charge in [0.2, 0.25) is 5.95 Å². The number of nitrogens with one attached hydrogen (secondary N) is 1. The largest absolute Gasteiger partial charge is 0.444 e. The van der Waals surface area contributed by atoms with E-state index in [1.54, 1.807) is 39.3 Å². The first-order valence-electron chi connectivity index (χ1n) is 13.8. The van der Waals surface area contributed by atoms with Gasteiger partial charge < -0.3 is 15.0 Å². The monoisotopic (exact) mass is 573 g/mol. The molecule has 1 N–H and O–H groups in total. The van der Waals surface area contributed by atoms with Crippen LogP contribution in [0.1, 0.15) is 52.9 Å². The molecule has 1 amide bonds. The second-order valence-corrected chi connectivity index (χ2v) is 12.1. The Balaban J connectivity index is 1.81. The smallest absolute Gasteiger partial charge is 0.408 e. The van der Waals surface area contributed by atoms with Gasteiger partial charge in [-0.1, -0.05) is 30.2 Å². The minimum absolute atomic E-state index is 0.00624. The summed E-state index contributed by atoms with van der Waals surface area (Å²) in [6.07, 6.45) is -0.534. The molecule has 0 aliphatic heterocycles. The lowest BCUT2D eigenvalue weighted by Gasteiger charge is -2.32. The number of imidazole rings is 1. The van der Waals surface area contributed by atoms with Crippen LogP contribution in [0.25, 0.3) is 21.9 Å². The predicted molar refractivity (Wildman–Crippen MR) is 165 cm³/mol. The number of anilines is 1. The van der Waals surface area contributed by atoms with Crippen LogP contribution in [-0.2, 0) is 24.9 Å². The number of hydrogen-bond acceptors (Lipinski definition) is 7. The van der Waals surface area contributed by atoms with Crippen LogP contribution >= 0.6 is 0 Å². The van der Waals surface area contributed by atoms with E-state index in [4.69, 9.17) is 9.72 Å². The fraction of sp³-hybridized carbons (Fsp3) is 0.452. The van der Waals surface area contributed by atoms with Crippen molar-refractivity contribution < 1.29 is 9.53 Å². The summed E-state index contributed by atoms with van der Waals surface area (Å²) in [4.78, 5) is 51.3. The van der Waals surface area contributed by atoms with Crippen LogP contribution in [0, 0.1) is 18.8 Å². The van der Waals surface area contributed by atoms with Crippen molar-refractivity contribution in [3.8, 4) is 11.8 Å². The Kier molecular flexibility index (Phi) is 8.21. The molecular weight excluding hydrogens is 534 g/mol. The summed E-state index contributed by atoms with van der Waals surface area (Å²) in [5.41, 5.74) is -0.383. The summed E-state index contributed by atoms with van der Waals surface area (Å²) in [6.45, 7) is 13.3. The number of amides is 1. The number of alkyl carbamates (subject to hydrolysis) is 1. The molecule has 0 atom stereocenters. The molecule has 3 aromatic heterocycles. The normalized spacial score (nSPS) is 11.8. The number of ether oxygens (including phenoxy) is 1.